The summed E-state index contributed by atoms with van der Waals surface area (Å²) in [5, 5.41) is 3.17. The molecule has 1 aromatic rings. The molecule has 21 heavy (non-hydrogen) atoms. The Morgan fingerprint density at radius 2 is 1.81 bits per heavy atom. The van der Waals surface area contributed by atoms with E-state index in [2.05, 4.69) is 20.3 Å². The van der Waals surface area contributed by atoms with Gasteiger partial charge in [-0.15, -0.1) is 0 Å². The third-order valence-corrected chi connectivity index (χ3v) is 5.29. The van der Waals surface area contributed by atoms with Gasteiger partial charge >= 0.3 is 0 Å². The predicted octanol–water partition coefficient (Wildman–Crippen LogP) is 0.289. The smallest absolute Gasteiger partial charge is 0.231 e. The molecule has 2 rings (SSSR count). The second kappa shape index (κ2) is 6.42. The lowest BCUT2D eigenvalue weighted by Crippen LogP contribution is -2.33. The maximum atomic E-state index is 11.4. The zero-order valence-electron chi connectivity index (χ0n) is 12.4. The lowest BCUT2D eigenvalue weighted by atomic mass is 10.2. The van der Waals surface area contributed by atoms with Gasteiger partial charge in [-0.2, -0.15) is 15.0 Å². The molecule has 0 aliphatic carbocycles. The molecule has 1 saturated heterocycles. The monoisotopic (exact) mass is 314 g/mol. The van der Waals surface area contributed by atoms with Crippen LogP contribution in [0.1, 0.15) is 26.7 Å². The molecule has 3 N–H and O–H groups in total. The van der Waals surface area contributed by atoms with Crippen LogP contribution >= 0.6 is 0 Å². The van der Waals surface area contributed by atoms with Crippen LogP contribution in [0.15, 0.2) is 0 Å². The third kappa shape index (κ3) is 4.16. The van der Waals surface area contributed by atoms with E-state index >= 15 is 0 Å². The second-order valence-electron chi connectivity index (χ2n) is 5.06. The van der Waals surface area contributed by atoms with Gasteiger partial charge in [0, 0.05) is 19.1 Å². The Labute approximate surface area is 125 Å². The van der Waals surface area contributed by atoms with Crippen LogP contribution in [0.25, 0.3) is 0 Å². The predicted molar refractivity (Wildman–Crippen MR) is 83.1 cm³/mol. The topological polar surface area (TPSA) is 114 Å². The van der Waals surface area contributed by atoms with Crippen molar-refractivity contribution in [2.24, 2.45) is 0 Å². The first-order valence-electron chi connectivity index (χ1n) is 7.17. The molecule has 0 spiro atoms. The zero-order chi connectivity index (χ0) is 15.5. The van der Waals surface area contributed by atoms with Crippen molar-refractivity contribution in [3.05, 3.63) is 0 Å². The minimum absolute atomic E-state index is 0.0554. The fraction of sp³-hybridized carbons (Fsp3) is 0.750. The number of hydrogen-bond donors (Lipinski definition) is 2. The van der Waals surface area contributed by atoms with Gasteiger partial charge in [0.2, 0.25) is 17.8 Å². The molecule has 1 fully saturated rings. The Hall–Kier alpha value is -1.64. The molecular weight excluding hydrogens is 292 g/mol. The van der Waals surface area contributed by atoms with Gasteiger partial charge in [0.15, 0.2) is 0 Å². The highest BCUT2D eigenvalue weighted by atomic mass is 32.2. The number of nitrogens with zero attached hydrogens (tertiary/aromatic N) is 4. The van der Waals surface area contributed by atoms with E-state index in [-0.39, 0.29) is 23.5 Å². The number of sulfone groups is 1. The van der Waals surface area contributed by atoms with Crippen molar-refractivity contribution < 1.29 is 8.42 Å². The van der Waals surface area contributed by atoms with Crippen LogP contribution in [0.2, 0.25) is 0 Å². The fourth-order valence-corrected chi connectivity index (χ4v) is 3.80. The first kappa shape index (κ1) is 15.7. The summed E-state index contributed by atoms with van der Waals surface area (Å²) in [5.74, 6) is 1.52. The Balaban J connectivity index is 2.10. The summed E-state index contributed by atoms with van der Waals surface area (Å²) in [4.78, 5) is 14.6. The summed E-state index contributed by atoms with van der Waals surface area (Å²) in [6.07, 6.45) is 1.13. The molecule has 1 aliphatic rings. The van der Waals surface area contributed by atoms with Crippen LogP contribution in [-0.2, 0) is 9.84 Å². The van der Waals surface area contributed by atoms with E-state index in [0.29, 0.717) is 24.7 Å². The molecule has 8 nitrogen and oxygen atoms in total. The lowest BCUT2D eigenvalue weighted by molar-refractivity contribution is 0.558. The molecule has 118 valence electrons. The highest BCUT2D eigenvalue weighted by Crippen LogP contribution is 2.18. The van der Waals surface area contributed by atoms with Gasteiger partial charge in [0.25, 0.3) is 0 Å². The first-order valence-corrected chi connectivity index (χ1v) is 8.99. The van der Waals surface area contributed by atoms with E-state index in [4.69, 9.17) is 5.73 Å². The van der Waals surface area contributed by atoms with E-state index in [1.165, 1.54) is 0 Å². The summed E-state index contributed by atoms with van der Waals surface area (Å²) in [5.41, 5.74) is 5.73. The average molecular weight is 314 g/mol. The molecule has 0 saturated carbocycles. The molecule has 0 unspecified atom stereocenters. The number of anilines is 3. The first-order chi connectivity index (χ1) is 9.93. The molecule has 2 heterocycles. The van der Waals surface area contributed by atoms with Gasteiger partial charge in [-0.3, -0.25) is 0 Å². The SMILES string of the molecule is CCN(CC)c1nc(N)nc(NC2CCS(=O)(=O)CC2)n1. The molecular formula is C12H22N6O2S. The van der Waals surface area contributed by atoms with Gasteiger partial charge in [0.1, 0.15) is 9.84 Å². The number of nitrogens with two attached hydrogens (primary N) is 1. The standard InChI is InChI=1S/C12H22N6O2S/c1-3-18(4-2)12-16-10(13)15-11(17-12)14-9-5-7-21(19,20)8-6-9/h9H,3-8H2,1-2H3,(H3,13,14,15,16,17). The number of nitrogen functional groups attached to an aromatic ring is 1. The second-order valence-corrected chi connectivity index (χ2v) is 7.36. The Kier molecular flexibility index (Phi) is 4.81. The maximum absolute atomic E-state index is 11.4. The van der Waals surface area contributed by atoms with Gasteiger partial charge in [-0.25, -0.2) is 8.42 Å². The normalized spacial score (nSPS) is 18.4. The van der Waals surface area contributed by atoms with Crippen molar-refractivity contribution in [1.29, 1.82) is 0 Å². The van der Waals surface area contributed by atoms with Gasteiger partial charge in [-0.1, -0.05) is 0 Å². The van der Waals surface area contributed by atoms with Crippen LogP contribution in [0.4, 0.5) is 17.8 Å². The van der Waals surface area contributed by atoms with E-state index < -0.39 is 9.84 Å². The van der Waals surface area contributed by atoms with Crippen LogP contribution in [0.5, 0.6) is 0 Å². The molecule has 1 aromatic heterocycles. The minimum Gasteiger partial charge on any atom is -0.368 e. The molecule has 0 atom stereocenters. The quantitative estimate of drug-likeness (QED) is 0.797. The van der Waals surface area contributed by atoms with Crippen molar-refractivity contribution >= 4 is 27.7 Å². The van der Waals surface area contributed by atoms with E-state index in [1.807, 2.05) is 18.7 Å². The van der Waals surface area contributed by atoms with Crippen molar-refractivity contribution in [2.75, 3.05) is 40.5 Å². The largest absolute Gasteiger partial charge is 0.368 e. The average Bonchev–Trinajstić information content (AvgIpc) is 2.42. The molecule has 0 aromatic carbocycles. The molecule has 9 heteroatoms. The Morgan fingerprint density at radius 1 is 1.19 bits per heavy atom. The van der Waals surface area contributed by atoms with Crippen LogP contribution in [-0.4, -0.2) is 54.0 Å². The number of aromatic nitrogens is 3. The van der Waals surface area contributed by atoms with E-state index in [1.54, 1.807) is 0 Å². The molecule has 0 bridgehead atoms. The van der Waals surface area contributed by atoms with Crippen molar-refractivity contribution in [2.45, 2.75) is 32.7 Å². The van der Waals surface area contributed by atoms with Gasteiger partial charge in [-0.05, 0) is 26.7 Å². The number of hydrogen-bond acceptors (Lipinski definition) is 8. The number of nitrogens with one attached hydrogen (secondary N) is 1. The summed E-state index contributed by atoms with van der Waals surface area (Å²) >= 11 is 0. The van der Waals surface area contributed by atoms with Crippen molar-refractivity contribution in [3.8, 4) is 0 Å². The van der Waals surface area contributed by atoms with Crippen LogP contribution < -0.4 is 16.0 Å². The fourth-order valence-electron chi connectivity index (χ4n) is 2.31. The summed E-state index contributed by atoms with van der Waals surface area (Å²) in [6.45, 7) is 5.59. The Morgan fingerprint density at radius 3 is 2.38 bits per heavy atom. The van der Waals surface area contributed by atoms with Crippen LogP contribution in [0, 0.1) is 0 Å². The Bertz CT molecular complexity index is 573. The molecule has 1 aliphatic heterocycles. The highest BCUT2D eigenvalue weighted by Gasteiger charge is 2.24. The van der Waals surface area contributed by atoms with E-state index in [9.17, 15) is 8.42 Å². The minimum atomic E-state index is -2.87. The van der Waals surface area contributed by atoms with Gasteiger partial charge in [0.05, 0.1) is 11.5 Å². The van der Waals surface area contributed by atoms with Gasteiger partial charge < -0.3 is 16.0 Å². The third-order valence-electron chi connectivity index (χ3n) is 3.58. The highest BCUT2D eigenvalue weighted by molar-refractivity contribution is 7.91. The maximum Gasteiger partial charge on any atom is 0.231 e. The van der Waals surface area contributed by atoms with E-state index in [0.717, 1.165) is 13.1 Å². The summed E-state index contributed by atoms with van der Waals surface area (Å²) in [7, 11) is -2.87. The van der Waals surface area contributed by atoms with Crippen LogP contribution in [0.3, 0.4) is 0 Å². The lowest BCUT2D eigenvalue weighted by Gasteiger charge is -2.24. The summed E-state index contributed by atoms with van der Waals surface area (Å²) in [6, 6.07) is 0.0554. The van der Waals surface area contributed by atoms with Crippen molar-refractivity contribution in [3.63, 3.8) is 0 Å². The number of rotatable bonds is 5. The molecule has 0 radical (unpaired) electrons. The molecule has 0 amide bonds. The summed E-state index contributed by atoms with van der Waals surface area (Å²) < 4.78 is 22.9. The van der Waals surface area contributed by atoms with Crippen molar-refractivity contribution in [1.82, 2.24) is 15.0 Å². The zero-order valence-corrected chi connectivity index (χ0v) is 13.2.